The third-order valence-corrected chi connectivity index (χ3v) is 8.19. The van der Waals surface area contributed by atoms with E-state index in [9.17, 15) is 10.5 Å². The molecule has 0 unspecified atom stereocenters. The first-order valence-corrected chi connectivity index (χ1v) is 13.6. The highest BCUT2D eigenvalue weighted by molar-refractivity contribution is 9.10. The van der Waals surface area contributed by atoms with Crippen molar-refractivity contribution in [3.8, 4) is 23.3 Å². The van der Waals surface area contributed by atoms with E-state index in [0.29, 0.717) is 0 Å². The molecule has 0 saturated heterocycles. The molecule has 0 aromatic heterocycles. The highest BCUT2D eigenvalue weighted by Gasteiger charge is 2.42. The van der Waals surface area contributed by atoms with Crippen molar-refractivity contribution in [2.75, 3.05) is 0 Å². The molecule has 0 aliphatic heterocycles. The average molecular weight is 570 g/mol. The van der Waals surface area contributed by atoms with Crippen LogP contribution < -0.4 is 0 Å². The fourth-order valence-corrected chi connectivity index (χ4v) is 5.92. The van der Waals surface area contributed by atoms with Crippen LogP contribution in [0.1, 0.15) is 90.2 Å². The lowest BCUT2D eigenvalue weighted by Crippen LogP contribution is -2.26. The first-order valence-electron chi connectivity index (χ1n) is 12.0. The lowest BCUT2D eigenvalue weighted by Gasteiger charge is -2.33. The van der Waals surface area contributed by atoms with E-state index in [1.165, 1.54) is 22.3 Å². The quantitative estimate of drug-likeness (QED) is 0.267. The van der Waals surface area contributed by atoms with E-state index in [2.05, 4.69) is 80.4 Å². The summed E-state index contributed by atoms with van der Waals surface area (Å²) in [7, 11) is 0. The summed E-state index contributed by atoms with van der Waals surface area (Å²) in [5, 5.41) is 18.8. The molecule has 33 heavy (non-hydrogen) atoms. The van der Waals surface area contributed by atoms with Crippen molar-refractivity contribution in [1.29, 1.82) is 10.5 Å². The van der Waals surface area contributed by atoms with Crippen LogP contribution in [0.5, 0.6) is 0 Å². The molecule has 174 valence electrons. The van der Waals surface area contributed by atoms with Crippen LogP contribution in [0.3, 0.4) is 0 Å². The van der Waals surface area contributed by atoms with Gasteiger partial charge in [0.1, 0.15) is 0 Å². The van der Waals surface area contributed by atoms with Gasteiger partial charge in [-0.25, -0.2) is 0 Å². The maximum atomic E-state index is 9.42. The average Bonchev–Trinajstić information content (AvgIpc) is 3.03. The summed E-state index contributed by atoms with van der Waals surface area (Å²) in [5.41, 5.74) is 4.95. The van der Waals surface area contributed by atoms with Crippen LogP contribution in [0.4, 0.5) is 0 Å². The van der Waals surface area contributed by atoms with Gasteiger partial charge >= 0.3 is 0 Å². The molecule has 0 amide bonds. The van der Waals surface area contributed by atoms with Gasteiger partial charge < -0.3 is 0 Å². The number of fused-ring (bicyclic) bond motifs is 3. The van der Waals surface area contributed by atoms with Crippen LogP contribution in [0.25, 0.3) is 11.1 Å². The molecule has 0 heterocycles. The number of hydrogen-bond donors (Lipinski definition) is 0. The maximum absolute atomic E-state index is 9.42. The first kappa shape index (κ1) is 26.0. The van der Waals surface area contributed by atoms with Gasteiger partial charge in [0.25, 0.3) is 0 Å². The molecule has 0 N–H and O–H groups in total. The molecule has 2 aromatic rings. The fraction of sp³-hybridized carbons (Fsp3) is 0.517. The van der Waals surface area contributed by atoms with Gasteiger partial charge in [-0.2, -0.15) is 10.5 Å². The molecule has 0 fully saturated rings. The Balaban J connectivity index is 1.94. The maximum Gasteiger partial charge on any atom is 0.0683 e. The van der Waals surface area contributed by atoms with E-state index in [0.717, 1.165) is 60.3 Å². The summed E-state index contributed by atoms with van der Waals surface area (Å²) in [6.07, 6.45) is 8.28. The summed E-state index contributed by atoms with van der Waals surface area (Å²) >= 11 is 7.46. The van der Waals surface area contributed by atoms with Crippen molar-refractivity contribution in [2.24, 2.45) is 10.8 Å². The van der Waals surface area contributed by atoms with E-state index in [4.69, 9.17) is 0 Å². The second kappa shape index (κ2) is 10.3. The number of hydrogen-bond acceptors (Lipinski definition) is 2. The minimum Gasteiger partial charge on any atom is -0.198 e. The molecule has 0 spiro atoms. The Bertz CT molecular complexity index is 998. The summed E-state index contributed by atoms with van der Waals surface area (Å²) in [6.45, 7) is 8.14. The highest BCUT2D eigenvalue weighted by atomic mass is 79.9. The summed E-state index contributed by atoms with van der Waals surface area (Å²) in [6, 6.07) is 18.3. The highest BCUT2D eigenvalue weighted by Crippen LogP contribution is 2.55. The molecule has 3 rings (SSSR count). The Labute approximate surface area is 216 Å². The van der Waals surface area contributed by atoms with Crippen molar-refractivity contribution in [2.45, 2.75) is 84.5 Å². The molecule has 4 heteroatoms. The van der Waals surface area contributed by atoms with Crippen molar-refractivity contribution in [3.63, 3.8) is 0 Å². The lowest BCUT2D eigenvalue weighted by molar-refractivity contribution is 0.358. The van der Waals surface area contributed by atoms with Gasteiger partial charge in [0.15, 0.2) is 0 Å². The summed E-state index contributed by atoms with van der Waals surface area (Å²) in [4.78, 5) is 0. The molecular weight excluding hydrogens is 536 g/mol. The van der Waals surface area contributed by atoms with Gasteiger partial charge in [0.05, 0.1) is 23.0 Å². The number of unbranched alkanes of at least 4 members (excludes halogenated alkanes) is 2. The SMILES string of the molecule is CC(C)(C#N)CCCCC1(CCCCC(C)(C)C#N)c2cc(Br)ccc2-c2ccc(Br)cc21. The fourth-order valence-electron chi connectivity index (χ4n) is 5.20. The van der Waals surface area contributed by atoms with Crippen LogP contribution in [0.2, 0.25) is 0 Å². The summed E-state index contributed by atoms with van der Waals surface area (Å²) < 4.78 is 2.24. The van der Waals surface area contributed by atoms with E-state index >= 15 is 0 Å². The van der Waals surface area contributed by atoms with E-state index in [1.54, 1.807) is 0 Å². The Kier molecular flexibility index (Phi) is 8.14. The molecule has 1 aliphatic carbocycles. The monoisotopic (exact) mass is 568 g/mol. The largest absolute Gasteiger partial charge is 0.198 e. The number of nitriles is 2. The minimum atomic E-state index is -0.270. The van der Waals surface area contributed by atoms with Crippen LogP contribution in [0.15, 0.2) is 45.3 Å². The van der Waals surface area contributed by atoms with Crippen molar-refractivity contribution in [3.05, 3.63) is 56.5 Å². The van der Waals surface area contributed by atoms with Crippen molar-refractivity contribution < 1.29 is 0 Å². The second-order valence-corrected chi connectivity index (χ2v) is 12.7. The smallest absolute Gasteiger partial charge is 0.0683 e. The Morgan fingerprint density at radius 2 is 1.09 bits per heavy atom. The van der Waals surface area contributed by atoms with Crippen LogP contribution in [0, 0.1) is 33.5 Å². The van der Waals surface area contributed by atoms with Gasteiger partial charge in [0, 0.05) is 14.4 Å². The third-order valence-electron chi connectivity index (χ3n) is 7.20. The second-order valence-electron chi connectivity index (χ2n) is 10.9. The third kappa shape index (κ3) is 5.90. The predicted molar refractivity (Wildman–Crippen MR) is 144 cm³/mol. The number of nitrogens with zero attached hydrogens (tertiary/aromatic N) is 2. The molecule has 2 nitrogen and oxygen atoms in total. The van der Waals surface area contributed by atoms with E-state index in [1.807, 2.05) is 27.7 Å². The molecule has 0 atom stereocenters. The normalized spacial score (nSPS) is 14.3. The van der Waals surface area contributed by atoms with Crippen molar-refractivity contribution in [1.82, 2.24) is 0 Å². The minimum absolute atomic E-state index is 0.0359. The van der Waals surface area contributed by atoms with Gasteiger partial charge in [0.2, 0.25) is 0 Å². The molecule has 2 aromatic carbocycles. The molecule has 0 bridgehead atoms. The Hall–Kier alpha value is -1.62. The van der Waals surface area contributed by atoms with E-state index < -0.39 is 0 Å². The summed E-state index contributed by atoms with van der Waals surface area (Å²) in [5.74, 6) is 0. The van der Waals surface area contributed by atoms with Crippen LogP contribution in [-0.2, 0) is 5.41 Å². The van der Waals surface area contributed by atoms with Gasteiger partial charge in [-0.1, -0.05) is 69.7 Å². The number of rotatable bonds is 10. The van der Waals surface area contributed by atoms with Crippen molar-refractivity contribution >= 4 is 31.9 Å². The predicted octanol–water partition coefficient (Wildman–Crippen LogP) is 9.70. The standard InChI is InChI=1S/C29H34Br2N2/c1-27(2,19-32)13-5-7-15-29(16-8-6-14-28(3,4)20-33)25-17-21(30)9-11-23(25)24-12-10-22(31)18-26(24)29/h9-12,17-18H,5-8,13-16H2,1-4H3. The first-order chi connectivity index (χ1) is 15.5. The van der Waals surface area contributed by atoms with Gasteiger partial charge in [-0.15, -0.1) is 0 Å². The molecule has 0 saturated carbocycles. The van der Waals surface area contributed by atoms with Crippen LogP contribution in [-0.4, -0.2) is 0 Å². The zero-order valence-electron chi connectivity index (χ0n) is 20.3. The number of halogens is 2. The molecule has 1 aliphatic rings. The molecular formula is C29H34Br2N2. The zero-order chi connectivity index (χ0) is 24.3. The topological polar surface area (TPSA) is 47.6 Å². The van der Waals surface area contributed by atoms with Gasteiger partial charge in [-0.3, -0.25) is 0 Å². The Morgan fingerprint density at radius 3 is 1.45 bits per heavy atom. The lowest BCUT2D eigenvalue weighted by atomic mass is 9.70. The van der Waals surface area contributed by atoms with Gasteiger partial charge in [-0.05, 0) is 99.9 Å². The molecule has 0 radical (unpaired) electrons. The van der Waals surface area contributed by atoms with Crippen LogP contribution >= 0.6 is 31.9 Å². The zero-order valence-corrected chi connectivity index (χ0v) is 23.4. The number of benzene rings is 2. The Morgan fingerprint density at radius 1 is 0.697 bits per heavy atom. The van der Waals surface area contributed by atoms with E-state index in [-0.39, 0.29) is 16.2 Å².